The van der Waals surface area contributed by atoms with Gasteiger partial charge in [0.15, 0.2) is 6.23 Å². The molecule has 1 aliphatic rings. The molecule has 0 aliphatic carbocycles. The molecule has 4 rings (SSSR count). The fourth-order valence-electron chi connectivity index (χ4n) is 3.28. The zero-order valence-corrected chi connectivity index (χ0v) is 15.0. The molecule has 0 saturated carbocycles. The minimum Gasteiger partial charge on any atom is -0.394 e. The first-order valence-corrected chi connectivity index (χ1v) is 8.76. The number of rotatable bonds is 3. The van der Waals surface area contributed by atoms with Crippen LogP contribution in [0.4, 0.5) is 5.82 Å². The van der Waals surface area contributed by atoms with Crippen LogP contribution in [0.2, 0.25) is 10.0 Å². The van der Waals surface area contributed by atoms with Gasteiger partial charge in [0.05, 0.1) is 28.1 Å². The molecule has 0 radical (unpaired) electrons. The van der Waals surface area contributed by atoms with E-state index in [1.165, 1.54) is 6.33 Å². The van der Waals surface area contributed by atoms with Gasteiger partial charge in [-0.3, -0.25) is 0 Å². The van der Waals surface area contributed by atoms with Crippen molar-refractivity contribution < 1.29 is 14.9 Å². The highest BCUT2D eigenvalue weighted by atomic mass is 35.5. The number of ether oxygens (including phenoxy) is 1. The molecule has 136 valence electrons. The van der Waals surface area contributed by atoms with Crippen LogP contribution in [0.25, 0.3) is 22.2 Å². The highest BCUT2D eigenvalue weighted by Crippen LogP contribution is 2.39. The van der Waals surface area contributed by atoms with Crippen molar-refractivity contribution in [1.82, 2.24) is 14.5 Å². The van der Waals surface area contributed by atoms with E-state index in [1.54, 1.807) is 22.9 Å². The Morgan fingerprint density at radius 1 is 1.27 bits per heavy atom. The minimum absolute atomic E-state index is 0.163. The first-order valence-electron chi connectivity index (χ1n) is 8.00. The third-order valence-electron chi connectivity index (χ3n) is 4.51. The Kier molecular flexibility index (Phi) is 4.50. The van der Waals surface area contributed by atoms with Gasteiger partial charge in [-0.2, -0.15) is 0 Å². The highest BCUT2D eigenvalue weighted by Gasteiger charge is 2.36. The molecular weight excluding hydrogens is 379 g/mol. The predicted molar refractivity (Wildman–Crippen MR) is 99.0 cm³/mol. The van der Waals surface area contributed by atoms with E-state index in [0.29, 0.717) is 33.3 Å². The van der Waals surface area contributed by atoms with E-state index in [0.717, 1.165) is 11.1 Å². The molecule has 3 heterocycles. The number of benzene rings is 1. The largest absolute Gasteiger partial charge is 0.394 e. The summed E-state index contributed by atoms with van der Waals surface area (Å²) in [6.07, 6.45) is 1.60. The van der Waals surface area contributed by atoms with Gasteiger partial charge in [-0.25, -0.2) is 9.97 Å². The summed E-state index contributed by atoms with van der Waals surface area (Å²) >= 11 is 12.2. The van der Waals surface area contributed by atoms with Crippen molar-refractivity contribution >= 4 is 40.1 Å². The molecule has 0 amide bonds. The van der Waals surface area contributed by atoms with E-state index in [4.69, 9.17) is 33.7 Å². The van der Waals surface area contributed by atoms with E-state index in [-0.39, 0.29) is 6.61 Å². The van der Waals surface area contributed by atoms with Gasteiger partial charge >= 0.3 is 0 Å². The topological polar surface area (TPSA) is 106 Å². The van der Waals surface area contributed by atoms with Gasteiger partial charge in [0.1, 0.15) is 23.9 Å². The average molecular weight is 395 g/mol. The Labute approximate surface area is 158 Å². The number of anilines is 1. The fourth-order valence-corrected chi connectivity index (χ4v) is 3.58. The number of halogens is 2. The maximum Gasteiger partial charge on any atom is 0.161 e. The summed E-state index contributed by atoms with van der Waals surface area (Å²) in [5, 5.41) is 21.2. The number of hydrogen-bond donors (Lipinski definition) is 3. The minimum atomic E-state index is -0.777. The number of nitrogen functional groups attached to an aromatic ring is 1. The molecule has 1 fully saturated rings. The first kappa shape index (κ1) is 17.5. The van der Waals surface area contributed by atoms with E-state index < -0.39 is 18.4 Å². The SMILES string of the molecule is Nc1ncnc2c1c(-c1ccc(Cl)c(Cl)c1)cn2[C@@H]1O[C@H](CO)C[C@H]1O. The lowest BCUT2D eigenvalue weighted by atomic mass is 10.1. The van der Waals surface area contributed by atoms with Crippen LogP contribution in [0, 0.1) is 0 Å². The Morgan fingerprint density at radius 3 is 2.77 bits per heavy atom. The standard InChI is InChI=1S/C17H16Cl2N4O3/c18-11-2-1-8(3-12(11)19)10-5-23(16-14(10)15(20)21-7-22-16)17-13(25)4-9(6-24)26-17/h1-3,5,7,9,13,17,24-25H,4,6H2,(H2,20,21,22)/t9-,13+,17+/m0/s1. The Hall–Kier alpha value is -1.90. The summed E-state index contributed by atoms with van der Waals surface area (Å²) in [5.41, 5.74) is 8.16. The van der Waals surface area contributed by atoms with Crippen molar-refractivity contribution in [3.63, 3.8) is 0 Å². The number of aliphatic hydroxyl groups excluding tert-OH is 2. The summed E-state index contributed by atoms with van der Waals surface area (Å²) in [7, 11) is 0. The van der Waals surface area contributed by atoms with Crippen molar-refractivity contribution in [1.29, 1.82) is 0 Å². The number of nitrogens with two attached hydrogens (primary N) is 1. The Bertz CT molecular complexity index is 978. The molecule has 0 unspecified atom stereocenters. The lowest BCUT2D eigenvalue weighted by Crippen LogP contribution is -2.19. The van der Waals surface area contributed by atoms with Crippen molar-refractivity contribution in [2.75, 3.05) is 12.3 Å². The van der Waals surface area contributed by atoms with E-state index in [2.05, 4.69) is 9.97 Å². The summed E-state index contributed by atoms with van der Waals surface area (Å²) < 4.78 is 7.48. The van der Waals surface area contributed by atoms with Gasteiger partial charge in [0.25, 0.3) is 0 Å². The van der Waals surface area contributed by atoms with E-state index in [1.807, 2.05) is 6.07 Å². The quantitative estimate of drug-likeness (QED) is 0.630. The van der Waals surface area contributed by atoms with Gasteiger partial charge in [-0.05, 0) is 17.7 Å². The molecule has 2 aromatic heterocycles. The molecule has 3 aromatic rings. The molecule has 3 atom stereocenters. The van der Waals surface area contributed by atoms with Gasteiger partial charge in [0.2, 0.25) is 0 Å². The smallest absolute Gasteiger partial charge is 0.161 e. The number of aromatic nitrogens is 3. The second kappa shape index (κ2) is 6.68. The van der Waals surface area contributed by atoms with Crippen molar-refractivity contribution in [2.24, 2.45) is 0 Å². The third-order valence-corrected chi connectivity index (χ3v) is 5.25. The molecule has 0 spiro atoms. The van der Waals surface area contributed by atoms with Crippen LogP contribution >= 0.6 is 23.2 Å². The zero-order chi connectivity index (χ0) is 18.4. The van der Waals surface area contributed by atoms with E-state index in [9.17, 15) is 10.2 Å². The Balaban J connectivity index is 1.91. The van der Waals surface area contributed by atoms with Crippen molar-refractivity contribution in [2.45, 2.75) is 24.9 Å². The monoisotopic (exact) mass is 394 g/mol. The van der Waals surface area contributed by atoms with Crippen molar-refractivity contribution in [3.05, 3.63) is 40.8 Å². The number of hydrogen-bond acceptors (Lipinski definition) is 6. The van der Waals surface area contributed by atoms with Gasteiger partial charge in [0, 0.05) is 18.2 Å². The van der Waals surface area contributed by atoms with Crippen LogP contribution in [0.1, 0.15) is 12.6 Å². The normalized spacial score (nSPS) is 23.0. The molecular formula is C17H16Cl2N4O3. The van der Waals surface area contributed by atoms with Crippen LogP contribution in [0.5, 0.6) is 0 Å². The number of aliphatic hydroxyl groups is 2. The summed E-state index contributed by atoms with van der Waals surface area (Å²) in [6.45, 7) is -0.163. The fraction of sp³-hybridized carbons (Fsp3) is 0.294. The summed E-state index contributed by atoms with van der Waals surface area (Å²) in [5.74, 6) is 0.306. The molecule has 7 nitrogen and oxygen atoms in total. The zero-order valence-electron chi connectivity index (χ0n) is 13.5. The molecule has 26 heavy (non-hydrogen) atoms. The third kappa shape index (κ3) is 2.82. The van der Waals surface area contributed by atoms with Crippen LogP contribution in [-0.2, 0) is 4.74 Å². The van der Waals surface area contributed by atoms with Crippen LogP contribution in [-0.4, -0.2) is 43.6 Å². The lowest BCUT2D eigenvalue weighted by Gasteiger charge is -2.17. The number of fused-ring (bicyclic) bond motifs is 1. The second-order valence-corrected chi connectivity index (χ2v) is 6.99. The van der Waals surface area contributed by atoms with Crippen LogP contribution in [0.15, 0.2) is 30.7 Å². The summed E-state index contributed by atoms with van der Waals surface area (Å²) in [6, 6.07) is 5.26. The highest BCUT2D eigenvalue weighted by molar-refractivity contribution is 6.42. The van der Waals surface area contributed by atoms with Gasteiger partial charge in [-0.15, -0.1) is 0 Å². The molecule has 0 bridgehead atoms. The van der Waals surface area contributed by atoms with Crippen LogP contribution in [0.3, 0.4) is 0 Å². The van der Waals surface area contributed by atoms with Crippen molar-refractivity contribution in [3.8, 4) is 11.1 Å². The molecule has 1 saturated heterocycles. The van der Waals surface area contributed by atoms with Gasteiger partial charge < -0.3 is 25.3 Å². The first-order chi connectivity index (χ1) is 12.5. The molecule has 9 heteroatoms. The van der Waals surface area contributed by atoms with Crippen LogP contribution < -0.4 is 5.73 Å². The number of nitrogens with zero attached hydrogens (tertiary/aromatic N) is 3. The molecule has 4 N–H and O–H groups in total. The lowest BCUT2D eigenvalue weighted by molar-refractivity contribution is -0.0483. The maximum absolute atomic E-state index is 10.4. The Morgan fingerprint density at radius 2 is 2.08 bits per heavy atom. The average Bonchev–Trinajstić information content (AvgIpc) is 3.18. The van der Waals surface area contributed by atoms with Gasteiger partial charge in [-0.1, -0.05) is 29.3 Å². The maximum atomic E-state index is 10.4. The molecule has 1 aromatic carbocycles. The second-order valence-electron chi connectivity index (χ2n) is 6.17. The van der Waals surface area contributed by atoms with E-state index >= 15 is 0 Å². The summed E-state index contributed by atoms with van der Waals surface area (Å²) in [4.78, 5) is 8.39. The predicted octanol–water partition coefficient (Wildman–Crippen LogP) is 2.63. The molecule has 1 aliphatic heterocycles.